The molecule has 24 heavy (non-hydrogen) atoms. The Balaban J connectivity index is 2.17. The molecule has 126 valence electrons. The standard InChI is InChI=1S/C19H22N2O2S/c1-6-23-19(22)15-9-14-18(24-15)16(10(2)3)17(21-14)13-7-11(4)20-12(5)8-13/h7-10,21H,6H2,1-5H3. The number of hydrogen-bond acceptors (Lipinski definition) is 4. The van der Waals surface area contributed by atoms with Gasteiger partial charge in [0.05, 0.1) is 22.5 Å². The highest BCUT2D eigenvalue weighted by Crippen LogP contribution is 2.40. The first-order chi connectivity index (χ1) is 11.4. The van der Waals surface area contributed by atoms with Crippen LogP contribution in [0.4, 0.5) is 0 Å². The van der Waals surface area contributed by atoms with Crippen LogP contribution in [0.3, 0.4) is 0 Å². The van der Waals surface area contributed by atoms with Gasteiger partial charge in [0.2, 0.25) is 0 Å². The van der Waals surface area contributed by atoms with E-state index in [0.29, 0.717) is 17.4 Å². The number of aromatic amines is 1. The van der Waals surface area contributed by atoms with Crippen molar-refractivity contribution in [3.05, 3.63) is 40.0 Å². The van der Waals surface area contributed by atoms with E-state index in [4.69, 9.17) is 4.74 Å². The summed E-state index contributed by atoms with van der Waals surface area (Å²) in [7, 11) is 0. The molecule has 3 aromatic heterocycles. The summed E-state index contributed by atoms with van der Waals surface area (Å²) in [5.41, 5.74) is 6.51. The Labute approximate surface area is 145 Å². The van der Waals surface area contributed by atoms with Gasteiger partial charge in [-0.3, -0.25) is 4.98 Å². The van der Waals surface area contributed by atoms with E-state index in [0.717, 1.165) is 32.9 Å². The number of rotatable bonds is 4. The van der Waals surface area contributed by atoms with E-state index in [9.17, 15) is 4.79 Å². The van der Waals surface area contributed by atoms with Crippen molar-refractivity contribution >= 4 is 27.5 Å². The summed E-state index contributed by atoms with van der Waals surface area (Å²) in [5.74, 6) is 0.0928. The van der Waals surface area contributed by atoms with E-state index < -0.39 is 0 Å². The summed E-state index contributed by atoms with van der Waals surface area (Å²) in [6.07, 6.45) is 0. The van der Waals surface area contributed by atoms with Crippen LogP contribution >= 0.6 is 11.3 Å². The monoisotopic (exact) mass is 342 g/mol. The molecule has 0 bridgehead atoms. The number of aromatic nitrogens is 2. The van der Waals surface area contributed by atoms with Gasteiger partial charge in [-0.2, -0.15) is 0 Å². The molecule has 0 unspecified atom stereocenters. The van der Waals surface area contributed by atoms with Crippen molar-refractivity contribution in [2.45, 2.75) is 40.5 Å². The van der Waals surface area contributed by atoms with E-state index in [2.05, 4.69) is 35.9 Å². The van der Waals surface area contributed by atoms with Gasteiger partial charge in [-0.25, -0.2) is 4.79 Å². The number of ether oxygens (including phenoxy) is 1. The number of carbonyl (C=O) groups excluding carboxylic acids is 1. The van der Waals surface area contributed by atoms with Crippen LogP contribution in [0.5, 0.6) is 0 Å². The molecule has 3 aromatic rings. The van der Waals surface area contributed by atoms with Crippen LogP contribution in [0.15, 0.2) is 18.2 Å². The van der Waals surface area contributed by atoms with Gasteiger partial charge in [-0.1, -0.05) is 13.8 Å². The summed E-state index contributed by atoms with van der Waals surface area (Å²) in [6, 6.07) is 6.09. The lowest BCUT2D eigenvalue weighted by Crippen LogP contribution is -2.01. The van der Waals surface area contributed by atoms with Crippen molar-refractivity contribution < 1.29 is 9.53 Å². The lowest BCUT2D eigenvalue weighted by Gasteiger charge is -2.09. The number of H-pyrrole nitrogens is 1. The van der Waals surface area contributed by atoms with Crippen molar-refractivity contribution in [1.82, 2.24) is 9.97 Å². The lowest BCUT2D eigenvalue weighted by molar-refractivity contribution is 0.0532. The molecule has 4 nitrogen and oxygen atoms in total. The van der Waals surface area contributed by atoms with Crippen molar-refractivity contribution in [3.8, 4) is 11.3 Å². The highest BCUT2D eigenvalue weighted by Gasteiger charge is 2.21. The first kappa shape index (κ1) is 16.7. The van der Waals surface area contributed by atoms with Gasteiger partial charge in [0, 0.05) is 17.0 Å². The Bertz CT molecular complexity index is 885. The highest BCUT2D eigenvalue weighted by atomic mass is 32.1. The van der Waals surface area contributed by atoms with Crippen molar-refractivity contribution in [2.24, 2.45) is 0 Å². The van der Waals surface area contributed by atoms with Crippen LogP contribution in [0.25, 0.3) is 21.5 Å². The first-order valence-corrected chi connectivity index (χ1v) is 9.00. The molecule has 3 rings (SSSR count). The maximum absolute atomic E-state index is 12.0. The summed E-state index contributed by atoms with van der Waals surface area (Å²) in [5, 5.41) is 0. The SMILES string of the molecule is CCOC(=O)c1cc2[nH]c(-c3cc(C)nc(C)c3)c(C(C)C)c2s1. The first-order valence-electron chi connectivity index (χ1n) is 8.18. The minimum atomic E-state index is -0.251. The predicted molar refractivity (Wildman–Crippen MR) is 98.9 cm³/mol. The lowest BCUT2D eigenvalue weighted by atomic mass is 9.99. The number of aryl methyl sites for hydroxylation is 2. The number of fused-ring (bicyclic) bond motifs is 1. The fourth-order valence-electron chi connectivity index (χ4n) is 3.06. The summed E-state index contributed by atoms with van der Waals surface area (Å²) < 4.78 is 6.26. The van der Waals surface area contributed by atoms with Gasteiger partial charge in [-0.05, 0) is 50.5 Å². The molecule has 0 saturated carbocycles. The van der Waals surface area contributed by atoms with Crippen LogP contribution in [-0.4, -0.2) is 22.5 Å². The Morgan fingerprint density at radius 3 is 2.50 bits per heavy atom. The van der Waals surface area contributed by atoms with Crippen LogP contribution in [0, 0.1) is 13.8 Å². The zero-order valence-corrected chi connectivity index (χ0v) is 15.5. The van der Waals surface area contributed by atoms with E-state index >= 15 is 0 Å². The minimum Gasteiger partial charge on any atom is -0.462 e. The zero-order chi connectivity index (χ0) is 17.4. The van der Waals surface area contributed by atoms with Gasteiger partial charge < -0.3 is 9.72 Å². The molecule has 5 heteroatoms. The van der Waals surface area contributed by atoms with Crippen LogP contribution in [-0.2, 0) is 4.74 Å². The molecule has 0 fully saturated rings. The largest absolute Gasteiger partial charge is 0.462 e. The second-order valence-electron chi connectivity index (χ2n) is 6.28. The van der Waals surface area contributed by atoms with E-state index in [1.54, 1.807) is 0 Å². The topological polar surface area (TPSA) is 55.0 Å². The normalized spacial score (nSPS) is 11.4. The Hall–Kier alpha value is -2.14. The fourth-order valence-corrected chi connectivity index (χ4v) is 4.27. The molecular weight excluding hydrogens is 320 g/mol. The molecule has 0 radical (unpaired) electrons. The number of hydrogen-bond donors (Lipinski definition) is 1. The second kappa shape index (κ2) is 6.40. The van der Waals surface area contributed by atoms with Gasteiger partial charge >= 0.3 is 5.97 Å². The van der Waals surface area contributed by atoms with Crippen molar-refractivity contribution in [3.63, 3.8) is 0 Å². The third-order valence-electron chi connectivity index (χ3n) is 3.93. The molecule has 0 saturated heterocycles. The van der Waals surface area contributed by atoms with Gasteiger partial charge in [-0.15, -0.1) is 11.3 Å². The smallest absolute Gasteiger partial charge is 0.348 e. The number of nitrogens with zero attached hydrogens (tertiary/aromatic N) is 1. The van der Waals surface area contributed by atoms with Crippen LogP contribution in [0.2, 0.25) is 0 Å². The van der Waals surface area contributed by atoms with Gasteiger partial charge in [0.25, 0.3) is 0 Å². The third kappa shape index (κ3) is 2.96. The quantitative estimate of drug-likeness (QED) is 0.662. The third-order valence-corrected chi connectivity index (χ3v) is 5.08. The highest BCUT2D eigenvalue weighted by molar-refractivity contribution is 7.21. The minimum absolute atomic E-state index is 0.251. The maximum Gasteiger partial charge on any atom is 0.348 e. The number of nitrogens with one attached hydrogen (secondary N) is 1. The summed E-state index contributed by atoms with van der Waals surface area (Å²) >= 11 is 1.50. The molecule has 0 atom stereocenters. The molecule has 0 aliphatic carbocycles. The Morgan fingerprint density at radius 2 is 1.92 bits per heavy atom. The fraction of sp³-hybridized carbons (Fsp3) is 0.368. The molecule has 0 aliphatic rings. The molecule has 3 heterocycles. The number of carbonyl (C=O) groups is 1. The van der Waals surface area contributed by atoms with Crippen molar-refractivity contribution in [1.29, 1.82) is 0 Å². The van der Waals surface area contributed by atoms with Gasteiger partial charge in [0.1, 0.15) is 4.88 Å². The molecule has 0 spiro atoms. The molecule has 0 amide bonds. The van der Waals surface area contributed by atoms with Crippen LogP contribution in [0.1, 0.15) is 53.3 Å². The number of thiophene rings is 1. The maximum atomic E-state index is 12.0. The zero-order valence-electron chi connectivity index (χ0n) is 14.7. The number of esters is 1. The Kier molecular flexibility index (Phi) is 4.45. The van der Waals surface area contributed by atoms with E-state index in [-0.39, 0.29) is 5.97 Å². The number of pyridine rings is 1. The predicted octanol–water partition coefficient (Wildman–Crippen LogP) is 5.21. The molecule has 1 N–H and O–H groups in total. The average Bonchev–Trinajstić information content (AvgIpc) is 3.03. The van der Waals surface area contributed by atoms with Crippen molar-refractivity contribution in [2.75, 3.05) is 6.61 Å². The van der Waals surface area contributed by atoms with E-state index in [1.165, 1.54) is 16.9 Å². The Morgan fingerprint density at radius 1 is 1.25 bits per heavy atom. The summed E-state index contributed by atoms with van der Waals surface area (Å²) in [6.45, 7) is 10.6. The van der Waals surface area contributed by atoms with Crippen LogP contribution < -0.4 is 0 Å². The van der Waals surface area contributed by atoms with E-state index in [1.807, 2.05) is 26.8 Å². The molecular formula is C19H22N2O2S. The molecule has 0 aromatic carbocycles. The molecule has 0 aliphatic heterocycles. The van der Waals surface area contributed by atoms with Gasteiger partial charge in [0.15, 0.2) is 0 Å². The summed E-state index contributed by atoms with van der Waals surface area (Å²) in [4.78, 5) is 20.6. The second-order valence-corrected chi connectivity index (χ2v) is 7.33. The average molecular weight is 342 g/mol.